The van der Waals surface area contributed by atoms with Gasteiger partial charge in [0.15, 0.2) is 0 Å². The van der Waals surface area contributed by atoms with Gasteiger partial charge in [-0.25, -0.2) is 18.4 Å². The number of anilines is 2. The third-order valence-electron chi connectivity index (χ3n) is 4.80. The highest BCUT2D eigenvalue weighted by Crippen LogP contribution is 2.32. The molecule has 1 N–H and O–H groups in total. The molecule has 1 aliphatic rings. The van der Waals surface area contributed by atoms with E-state index in [9.17, 15) is 8.42 Å². The fourth-order valence-corrected chi connectivity index (χ4v) is 5.28. The molecule has 1 aromatic carbocycles. The standard InChI is InChI=1S/C19H19ClN6O2S/c20-15-3-1-2-4-17(15)29(27,28)26-9-5-14(6-10-26)16-11-22-13-19(24-16)25-18-12-21-7-8-23-18/h1-4,7-8,11-14H,5-6,9-10H2,(H,23,24,25). The zero-order chi connectivity index (χ0) is 20.3. The van der Waals surface area contributed by atoms with Crippen LogP contribution < -0.4 is 5.32 Å². The fraction of sp³-hybridized carbons (Fsp3) is 0.263. The van der Waals surface area contributed by atoms with E-state index in [4.69, 9.17) is 11.6 Å². The highest BCUT2D eigenvalue weighted by molar-refractivity contribution is 7.89. The molecule has 1 fully saturated rings. The summed E-state index contributed by atoms with van der Waals surface area (Å²) in [6.07, 6.45) is 9.46. The van der Waals surface area contributed by atoms with Crippen LogP contribution in [0.2, 0.25) is 5.02 Å². The van der Waals surface area contributed by atoms with Crippen molar-refractivity contribution < 1.29 is 8.42 Å². The van der Waals surface area contributed by atoms with Crippen molar-refractivity contribution in [2.75, 3.05) is 18.4 Å². The number of nitrogens with one attached hydrogen (secondary N) is 1. The maximum Gasteiger partial charge on any atom is 0.244 e. The summed E-state index contributed by atoms with van der Waals surface area (Å²) in [5, 5.41) is 3.32. The SMILES string of the molecule is O=S(=O)(c1ccccc1Cl)N1CCC(c2cncc(Nc3cnccn3)n2)CC1. The molecular weight excluding hydrogens is 412 g/mol. The highest BCUT2D eigenvalue weighted by atomic mass is 35.5. The van der Waals surface area contributed by atoms with Gasteiger partial charge in [-0.2, -0.15) is 4.31 Å². The Morgan fingerprint density at radius 1 is 1.00 bits per heavy atom. The first-order valence-electron chi connectivity index (χ1n) is 9.14. The van der Waals surface area contributed by atoms with Crippen molar-refractivity contribution in [1.82, 2.24) is 24.2 Å². The molecule has 0 spiro atoms. The van der Waals surface area contributed by atoms with Crippen molar-refractivity contribution in [3.63, 3.8) is 0 Å². The van der Waals surface area contributed by atoms with E-state index < -0.39 is 10.0 Å². The molecule has 3 heterocycles. The molecule has 8 nitrogen and oxygen atoms in total. The van der Waals surface area contributed by atoms with Gasteiger partial charge in [-0.15, -0.1) is 0 Å². The van der Waals surface area contributed by atoms with Gasteiger partial charge in [-0.1, -0.05) is 23.7 Å². The molecule has 3 aromatic rings. The number of rotatable bonds is 5. The lowest BCUT2D eigenvalue weighted by Gasteiger charge is -2.31. The lowest BCUT2D eigenvalue weighted by molar-refractivity contribution is 0.316. The molecule has 0 saturated carbocycles. The molecule has 0 aliphatic carbocycles. The van der Waals surface area contributed by atoms with Gasteiger partial charge >= 0.3 is 0 Å². The van der Waals surface area contributed by atoms with Gasteiger partial charge in [0.2, 0.25) is 10.0 Å². The van der Waals surface area contributed by atoms with E-state index in [1.54, 1.807) is 49.2 Å². The molecule has 2 aromatic heterocycles. The third kappa shape index (κ3) is 4.36. The maximum atomic E-state index is 12.9. The Balaban J connectivity index is 1.45. The first-order valence-corrected chi connectivity index (χ1v) is 11.0. The topological polar surface area (TPSA) is 101 Å². The lowest BCUT2D eigenvalue weighted by atomic mass is 9.95. The van der Waals surface area contributed by atoms with Crippen LogP contribution in [0.15, 0.2) is 60.1 Å². The maximum absolute atomic E-state index is 12.9. The predicted molar refractivity (Wildman–Crippen MR) is 110 cm³/mol. The summed E-state index contributed by atoms with van der Waals surface area (Å²) in [6, 6.07) is 6.52. The largest absolute Gasteiger partial charge is 0.322 e. The fourth-order valence-electron chi connectivity index (χ4n) is 3.32. The van der Waals surface area contributed by atoms with Crippen molar-refractivity contribution >= 4 is 33.3 Å². The van der Waals surface area contributed by atoms with Gasteiger partial charge in [0, 0.05) is 37.6 Å². The summed E-state index contributed by atoms with van der Waals surface area (Å²) in [4.78, 5) is 17.2. The third-order valence-corrected chi connectivity index (χ3v) is 7.20. The average Bonchev–Trinajstić information content (AvgIpc) is 2.75. The van der Waals surface area contributed by atoms with Gasteiger partial charge in [0.1, 0.15) is 16.5 Å². The molecule has 0 bridgehead atoms. The minimum absolute atomic E-state index is 0.129. The normalized spacial score (nSPS) is 15.9. The van der Waals surface area contributed by atoms with Gasteiger partial charge < -0.3 is 5.32 Å². The molecule has 0 atom stereocenters. The van der Waals surface area contributed by atoms with Gasteiger partial charge in [-0.3, -0.25) is 9.97 Å². The molecule has 1 aliphatic heterocycles. The van der Waals surface area contributed by atoms with Crippen molar-refractivity contribution in [3.8, 4) is 0 Å². The van der Waals surface area contributed by atoms with Crippen molar-refractivity contribution in [2.45, 2.75) is 23.7 Å². The molecule has 4 rings (SSSR count). The Bertz CT molecular complexity index is 1090. The Morgan fingerprint density at radius 3 is 2.48 bits per heavy atom. The zero-order valence-corrected chi connectivity index (χ0v) is 17.0. The average molecular weight is 431 g/mol. The molecule has 0 amide bonds. The molecule has 150 valence electrons. The lowest BCUT2D eigenvalue weighted by Crippen LogP contribution is -2.38. The molecule has 0 unspecified atom stereocenters. The number of aromatic nitrogens is 4. The Hall–Kier alpha value is -2.62. The van der Waals surface area contributed by atoms with Crippen LogP contribution in [0.5, 0.6) is 0 Å². The van der Waals surface area contributed by atoms with Gasteiger partial charge in [0.05, 0.1) is 23.1 Å². The van der Waals surface area contributed by atoms with Crippen LogP contribution in [-0.2, 0) is 10.0 Å². The van der Waals surface area contributed by atoms with E-state index in [2.05, 4.69) is 25.3 Å². The highest BCUT2D eigenvalue weighted by Gasteiger charge is 2.31. The van der Waals surface area contributed by atoms with E-state index in [-0.39, 0.29) is 15.8 Å². The quantitative estimate of drug-likeness (QED) is 0.663. The Kier molecular flexibility index (Phi) is 5.70. The Labute approximate surface area is 174 Å². The van der Waals surface area contributed by atoms with Crippen molar-refractivity contribution in [1.29, 1.82) is 0 Å². The molecule has 0 radical (unpaired) electrons. The number of halogens is 1. The van der Waals surface area contributed by atoms with Gasteiger partial charge in [-0.05, 0) is 25.0 Å². The van der Waals surface area contributed by atoms with Crippen LogP contribution in [0.1, 0.15) is 24.5 Å². The van der Waals surface area contributed by atoms with Gasteiger partial charge in [0.25, 0.3) is 0 Å². The summed E-state index contributed by atoms with van der Waals surface area (Å²) < 4.78 is 27.3. The molecule has 10 heteroatoms. The first-order chi connectivity index (χ1) is 14.0. The predicted octanol–water partition coefficient (Wildman–Crippen LogP) is 3.23. The van der Waals surface area contributed by atoms with Crippen LogP contribution in [0.3, 0.4) is 0 Å². The second kappa shape index (κ2) is 8.40. The number of hydrogen-bond donors (Lipinski definition) is 1. The van der Waals surface area contributed by atoms with E-state index >= 15 is 0 Å². The van der Waals surface area contributed by atoms with Crippen LogP contribution in [0.4, 0.5) is 11.6 Å². The van der Waals surface area contributed by atoms with Crippen LogP contribution in [0, 0.1) is 0 Å². The second-order valence-electron chi connectivity index (χ2n) is 6.65. The number of nitrogens with zero attached hydrogens (tertiary/aromatic N) is 5. The minimum atomic E-state index is -3.61. The molecular formula is C19H19ClN6O2S. The van der Waals surface area contributed by atoms with Crippen LogP contribution >= 0.6 is 11.6 Å². The van der Waals surface area contributed by atoms with E-state index in [1.807, 2.05) is 0 Å². The summed E-state index contributed by atoms with van der Waals surface area (Å²) in [5.41, 5.74) is 0.827. The van der Waals surface area contributed by atoms with E-state index in [1.165, 1.54) is 10.4 Å². The Morgan fingerprint density at radius 2 is 1.76 bits per heavy atom. The number of hydrogen-bond acceptors (Lipinski definition) is 7. The van der Waals surface area contributed by atoms with Crippen molar-refractivity contribution in [2.24, 2.45) is 0 Å². The summed E-state index contributed by atoms with van der Waals surface area (Å²) in [6.45, 7) is 0.809. The number of sulfonamides is 1. The monoisotopic (exact) mass is 430 g/mol. The molecule has 29 heavy (non-hydrogen) atoms. The number of benzene rings is 1. The van der Waals surface area contributed by atoms with E-state index in [0.717, 1.165) is 5.69 Å². The smallest absolute Gasteiger partial charge is 0.244 e. The summed E-state index contributed by atoms with van der Waals surface area (Å²) in [7, 11) is -3.61. The molecule has 1 saturated heterocycles. The minimum Gasteiger partial charge on any atom is -0.322 e. The summed E-state index contributed by atoms with van der Waals surface area (Å²) >= 11 is 6.10. The van der Waals surface area contributed by atoms with Crippen LogP contribution in [0.25, 0.3) is 0 Å². The van der Waals surface area contributed by atoms with Crippen LogP contribution in [-0.4, -0.2) is 45.7 Å². The second-order valence-corrected chi connectivity index (χ2v) is 8.97. The zero-order valence-electron chi connectivity index (χ0n) is 15.4. The van der Waals surface area contributed by atoms with Crippen molar-refractivity contribution in [3.05, 3.63) is 66.0 Å². The number of piperidine rings is 1. The summed E-state index contributed by atoms with van der Waals surface area (Å²) in [5.74, 6) is 1.29. The first kappa shape index (κ1) is 19.7. The van der Waals surface area contributed by atoms with E-state index in [0.29, 0.717) is 37.6 Å².